The first-order chi connectivity index (χ1) is 6.99. The van der Waals surface area contributed by atoms with Crippen molar-refractivity contribution in [3.8, 4) is 0 Å². The van der Waals surface area contributed by atoms with E-state index in [4.69, 9.17) is 10.8 Å². The van der Waals surface area contributed by atoms with Crippen molar-refractivity contribution in [2.75, 3.05) is 6.54 Å². The third-order valence-corrected chi connectivity index (χ3v) is 2.84. The van der Waals surface area contributed by atoms with E-state index in [1.54, 1.807) is 0 Å². The standard InChI is InChI=1S/C11H22N2O2/c1-7(2)3-10(12)11(15)13-6-8-4-9(14)5-8/h7-10,14H,3-6,12H2,1-2H3,(H,13,15)/t8?,9?,10-/m1/s1. The highest BCUT2D eigenvalue weighted by Gasteiger charge is 2.27. The molecule has 1 rings (SSSR count). The lowest BCUT2D eigenvalue weighted by molar-refractivity contribution is -0.123. The fourth-order valence-electron chi connectivity index (χ4n) is 1.86. The summed E-state index contributed by atoms with van der Waals surface area (Å²) in [5.74, 6) is 0.816. The summed E-state index contributed by atoms with van der Waals surface area (Å²) in [5.41, 5.74) is 5.73. The van der Waals surface area contributed by atoms with Crippen LogP contribution in [-0.4, -0.2) is 29.7 Å². The molecular weight excluding hydrogens is 192 g/mol. The van der Waals surface area contributed by atoms with E-state index in [2.05, 4.69) is 19.2 Å². The van der Waals surface area contributed by atoms with Gasteiger partial charge in [-0.1, -0.05) is 13.8 Å². The summed E-state index contributed by atoms with van der Waals surface area (Å²) in [5, 5.41) is 11.9. The molecule has 1 saturated carbocycles. The van der Waals surface area contributed by atoms with Crippen molar-refractivity contribution in [3.63, 3.8) is 0 Å². The van der Waals surface area contributed by atoms with Gasteiger partial charge in [0.05, 0.1) is 12.1 Å². The van der Waals surface area contributed by atoms with E-state index in [-0.39, 0.29) is 12.0 Å². The molecule has 4 N–H and O–H groups in total. The van der Waals surface area contributed by atoms with Gasteiger partial charge in [-0.05, 0) is 31.1 Å². The topological polar surface area (TPSA) is 75.4 Å². The SMILES string of the molecule is CC(C)C[C@@H](N)C(=O)NCC1CC(O)C1. The molecule has 1 fully saturated rings. The minimum Gasteiger partial charge on any atom is -0.393 e. The average Bonchev–Trinajstić information content (AvgIpc) is 2.08. The molecular formula is C11H22N2O2. The Morgan fingerprint density at radius 3 is 2.60 bits per heavy atom. The molecule has 1 aliphatic carbocycles. The van der Waals surface area contributed by atoms with E-state index in [0.29, 0.717) is 18.4 Å². The fraction of sp³-hybridized carbons (Fsp3) is 0.909. The van der Waals surface area contributed by atoms with Crippen LogP contribution in [0.25, 0.3) is 0 Å². The molecule has 1 aliphatic rings. The quantitative estimate of drug-likeness (QED) is 0.614. The Hall–Kier alpha value is -0.610. The predicted octanol–water partition coefficient (Wildman–Crippen LogP) is 0.247. The Morgan fingerprint density at radius 1 is 1.53 bits per heavy atom. The molecule has 88 valence electrons. The van der Waals surface area contributed by atoms with Crippen LogP contribution in [0.15, 0.2) is 0 Å². The maximum absolute atomic E-state index is 11.5. The van der Waals surface area contributed by atoms with Crippen molar-refractivity contribution in [1.29, 1.82) is 0 Å². The fourth-order valence-corrected chi connectivity index (χ4v) is 1.86. The van der Waals surface area contributed by atoms with Gasteiger partial charge in [-0.25, -0.2) is 0 Å². The second-order valence-electron chi connectivity index (χ2n) is 4.97. The number of aliphatic hydroxyl groups excluding tert-OH is 1. The smallest absolute Gasteiger partial charge is 0.236 e. The zero-order chi connectivity index (χ0) is 11.4. The summed E-state index contributed by atoms with van der Waals surface area (Å²) in [6, 6.07) is -0.394. The normalized spacial score (nSPS) is 27.3. The van der Waals surface area contributed by atoms with Crippen molar-refractivity contribution in [2.24, 2.45) is 17.6 Å². The molecule has 0 bridgehead atoms. The average molecular weight is 214 g/mol. The molecule has 0 unspecified atom stereocenters. The van der Waals surface area contributed by atoms with Crippen LogP contribution < -0.4 is 11.1 Å². The summed E-state index contributed by atoms with van der Waals surface area (Å²) in [6.45, 7) is 4.76. The van der Waals surface area contributed by atoms with Crippen molar-refractivity contribution in [2.45, 2.75) is 45.3 Å². The van der Waals surface area contributed by atoms with E-state index in [0.717, 1.165) is 19.3 Å². The van der Waals surface area contributed by atoms with Gasteiger partial charge in [-0.3, -0.25) is 4.79 Å². The van der Waals surface area contributed by atoms with E-state index >= 15 is 0 Å². The molecule has 0 aromatic heterocycles. The Balaban J connectivity index is 2.12. The molecule has 0 heterocycles. The summed E-state index contributed by atoms with van der Waals surface area (Å²) in [7, 11) is 0. The van der Waals surface area contributed by atoms with E-state index in [1.807, 2.05) is 0 Å². The number of nitrogens with two attached hydrogens (primary N) is 1. The number of carbonyl (C=O) groups is 1. The third kappa shape index (κ3) is 4.18. The Morgan fingerprint density at radius 2 is 2.13 bits per heavy atom. The molecule has 0 aliphatic heterocycles. The van der Waals surface area contributed by atoms with Gasteiger partial charge in [-0.2, -0.15) is 0 Å². The van der Waals surface area contributed by atoms with Gasteiger partial charge in [0.25, 0.3) is 0 Å². The largest absolute Gasteiger partial charge is 0.393 e. The lowest BCUT2D eigenvalue weighted by Gasteiger charge is -2.31. The summed E-state index contributed by atoms with van der Waals surface area (Å²) >= 11 is 0. The molecule has 1 amide bonds. The molecule has 4 heteroatoms. The Bertz CT molecular complexity index is 213. The minimum atomic E-state index is -0.394. The molecule has 0 spiro atoms. The number of amides is 1. The van der Waals surface area contributed by atoms with Crippen LogP contribution in [0.2, 0.25) is 0 Å². The second kappa shape index (κ2) is 5.47. The van der Waals surface area contributed by atoms with Crippen LogP contribution in [0, 0.1) is 11.8 Å². The number of nitrogens with one attached hydrogen (secondary N) is 1. The highest BCUT2D eigenvalue weighted by molar-refractivity contribution is 5.81. The van der Waals surface area contributed by atoms with Crippen molar-refractivity contribution in [3.05, 3.63) is 0 Å². The highest BCUT2D eigenvalue weighted by atomic mass is 16.3. The van der Waals surface area contributed by atoms with Crippen molar-refractivity contribution >= 4 is 5.91 Å². The monoisotopic (exact) mass is 214 g/mol. The van der Waals surface area contributed by atoms with Crippen LogP contribution in [0.5, 0.6) is 0 Å². The maximum atomic E-state index is 11.5. The van der Waals surface area contributed by atoms with Crippen LogP contribution in [0.3, 0.4) is 0 Å². The summed E-state index contributed by atoms with van der Waals surface area (Å²) in [6.07, 6.45) is 2.18. The minimum absolute atomic E-state index is 0.0647. The van der Waals surface area contributed by atoms with E-state index < -0.39 is 6.04 Å². The zero-order valence-corrected chi connectivity index (χ0v) is 9.57. The first-order valence-corrected chi connectivity index (χ1v) is 5.70. The molecule has 0 saturated heterocycles. The van der Waals surface area contributed by atoms with Gasteiger partial charge in [0.1, 0.15) is 0 Å². The Labute approximate surface area is 91.2 Å². The number of rotatable bonds is 5. The molecule has 15 heavy (non-hydrogen) atoms. The number of hydrogen-bond donors (Lipinski definition) is 3. The van der Waals surface area contributed by atoms with Gasteiger partial charge >= 0.3 is 0 Å². The molecule has 4 nitrogen and oxygen atoms in total. The molecule has 1 atom stereocenters. The maximum Gasteiger partial charge on any atom is 0.236 e. The lowest BCUT2D eigenvalue weighted by Crippen LogP contribution is -2.45. The predicted molar refractivity (Wildman–Crippen MR) is 59.2 cm³/mol. The van der Waals surface area contributed by atoms with Crippen LogP contribution in [0.1, 0.15) is 33.1 Å². The highest BCUT2D eigenvalue weighted by Crippen LogP contribution is 2.26. The van der Waals surface area contributed by atoms with Gasteiger partial charge < -0.3 is 16.2 Å². The Kier molecular flexibility index (Phi) is 4.54. The summed E-state index contributed by atoms with van der Waals surface area (Å²) in [4.78, 5) is 11.5. The van der Waals surface area contributed by atoms with Gasteiger partial charge in [0, 0.05) is 6.54 Å². The molecule has 0 aromatic rings. The first kappa shape index (κ1) is 12.5. The van der Waals surface area contributed by atoms with Crippen LogP contribution in [0.4, 0.5) is 0 Å². The van der Waals surface area contributed by atoms with Gasteiger partial charge in [0.2, 0.25) is 5.91 Å². The first-order valence-electron chi connectivity index (χ1n) is 5.70. The molecule has 0 aromatic carbocycles. The molecule has 0 radical (unpaired) electrons. The number of hydrogen-bond acceptors (Lipinski definition) is 3. The third-order valence-electron chi connectivity index (χ3n) is 2.84. The van der Waals surface area contributed by atoms with Crippen molar-refractivity contribution < 1.29 is 9.90 Å². The number of carbonyl (C=O) groups excluding carboxylic acids is 1. The lowest BCUT2D eigenvalue weighted by atomic mass is 9.82. The van der Waals surface area contributed by atoms with E-state index in [1.165, 1.54) is 0 Å². The summed E-state index contributed by atoms with van der Waals surface area (Å²) < 4.78 is 0. The van der Waals surface area contributed by atoms with Gasteiger partial charge in [-0.15, -0.1) is 0 Å². The number of aliphatic hydroxyl groups is 1. The second-order valence-corrected chi connectivity index (χ2v) is 4.97. The zero-order valence-electron chi connectivity index (χ0n) is 9.57. The van der Waals surface area contributed by atoms with E-state index in [9.17, 15) is 4.79 Å². The van der Waals surface area contributed by atoms with Crippen molar-refractivity contribution in [1.82, 2.24) is 5.32 Å². The van der Waals surface area contributed by atoms with Crippen LogP contribution >= 0.6 is 0 Å². The van der Waals surface area contributed by atoms with Gasteiger partial charge in [0.15, 0.2) is 0 Å². The van der Waals surface area contributed by atoms with Crippen LogP contribution in [-0.2, 0) is 4.79 Å².